The fraction of sp³-hybridized carbons (Fsp3) is 0.450. The number of hydrogen-bond acceptors (Lipinski definition) is 2. The molecule has 2 nitrogen and oxygen atoms in total. The minimum Gasteiger partial charge on any atom is -0.342 e. The van der Waals surface area contributed by atoms with Gasteiger partial charge in [0.25, 0.3) is 0 Å². The third-order valence-corrected chi connectivity index (χ3v) is 5.64. The van der Waals surface area contributed by atoms with E-state index in [1.165, 1.54) is 27.3 Å². The number of nitrogens with zero attached hydrogens (tertiary/aromatic N) is 1. The number of amides is 1. The second-order valence-electron chi connectivity index (χ2n) is 6.73. The Bertz CT molecular complexity index is 659. The molecule has 23 heavy (non-hydrogen) atoms. The zero-order valence-corrected chi connectivity index (χ0v) is 14.9. The van der Waals surface area contributed by atoms with E-state index in [2.05, 4.69) is 55.1 Å². The van der Waals surface area contributed by atoms with Gasteiger partial charge in [-0.25, -0.2) is 0 Å². The average molecular weight is 327 g/mol. The number of carbonyl (C=O) groups excluding carboxylic acids is 1. The number of rotatable bonds is 4. The average Bonchev–Trinajstić information content (AvgIpc) is 2.95. The third kappa shape index (κ3) is 4.44. The highest BCUT2D eigenvalue weighted by molar-refractivity contribution is 7.12. The van der Waals surface area contributed by atoms with Crippen LogP contribution in [0.2, 0.25) is 0 Å². The van der Waals surface area contributed by atoms with Crippen LogP contribution in [0.15, 0.2) is 36.4 Å². The van der Waals surface area contributed by atoms with E-state index in [0.717, 1.165) is 25.9 Å². The van der Waals surface area contributed by atoms with Crippen LogP contribution in [-0.4, -0.2) is 23.9 Å². The maximum Gasteiger partial charge on any atom is 0.227 e. The summed E-state index contributed by atoms with van der Waals surface area (Å²) in [7, 11) is 0. The van der Waals surface area contributed by atoms with E-state index >= 15 is 0 Å². The molecule has 1 aromatic heterocycles. The molecule has 1 unspecified atom stereocenters. The highest BCUT2D eigenvalue weighted by Crippen LogP contribution is 2.23. The molecule has 0 N–H and O–H groups in total. The summed E-state index contributed by atoms with van der Waals surface area (Å²) < 4.78 is 0. The molecule has 1 atom stereocenters. The Morgan fingerprint density at radius 2 is 1.96 bits per heavy atom. The normalized spacial score (nSPS) is 18.2. The second-order valence-corrected chi connectivity index (χ2v) is 8.10. The van der Waals surface area contributed by atoms with Crippen LogP contribution in [0.3, 0.4) is 0 Å². The molecule has 2 heterocycles. The van der Waals surface area contributed by atoms with Gasteiger partial charge in [0.05, 0.1) is 6.42 Å². The Morgan fingerprint density at radius 3 is 2.65 bits per heavy atom. The summed E-state index contributed by atoms with van der Waals surface area (Å²) in [4.78, 5) is 17.1. The Balaban J connectivity index is 1.57. The van der Waals surface area contributed by atoms with E-state index in [4.69, 9.17) is 0 Å². The smallest absolute Gasteiger partial charge is 0.227 e. The first-order valence-corrected chi connectivity index (χ1v) is 9.30. The first kappa shape index (κ1) is 16.3. The Morgan fingerprint density at radius 1 is 1.17 bits per heavy atom. The minimum atomic E-state index is 0.292. The van der Waals surface area contributed by atoms with Gasteiger partial charge in [-0.3, -0.25) is 4.79 Å². The first-order valence-electron chi connectivity index (χ1n) is 8.49. The van der Waals surface area contributed by atoms with Crippen LogP contribution in [0.4, 0.5) is 0 Å². The fourth-order valence-electron chi connectivity index (χ4n) is 3.36. The van der Waals surface area contributed by atoms with Crippen molar-refractivity contribution in [1.29, 1.82) is 0 Å². The SMILES string of the molecule is Cc1ccc(CC2CCCN(C(=O)Cc3ccc(C)s3)C2)cc1. The van der Waals surface area contributed by atoms with Gasteiger partial charge < -0.3 is 4.90 Å². The first-order chi connectivity index (χ1) is 11.1. The fourth-order valence-corrected chi connectivity index (χ4v) is 4.24. The summed E-state index contributed by atoms with van der Waals surface area (Å²) in [6.07, 6.45) is 4.01. The molecule has 3 heteroatoms. The molecule has 0 bridgehead atoms. The summed E-state index contributed by atoms with van der Waals surface area (Å²) in [5.74, 6) is 0.890. The van der Waals surface area contributed by atoms with Gasteiger partial charge in [-0.2, -0.15) is 0 Å². The summed E-state index contributed by atoms with van der Waals surface area (Å²) in [5, 5.41) is 0. The highest BCUT2D eigenvalue weighted by Gasteiger charge is 2.24. The molecule has 0 radical (unpaired) electrons. The maximum atomic E-state index is 12.6. The molecular weight excluding hydrogens is 302 g/mol. The summed E-state index contributed by atoms with van der Waals surface area (Å²) in [5.41, 5.74) is 2.70. The lowest BCUT2D eigenvalue weighted by Gasteiger charge is -2.33. The Labute approximate surface area is 143 Å². The van der Waals surface area contributed by atoms with E-state index < -0.39 is 0 Å². The molecule has 3 rings (SSSR count). The van der Waals surface area contributed by atoms with Gasteiger partial charge in [-0.15, -0.1) is 11.3 Å². The van der Waals surface area contributed by atoms with Crippen LogP contribution in [0.1, 0.15) is 33.7 Å². The van der Waals surface area contributed by atoms with E-state index in [1.807, 2.05) is 0 Å². The van der Waals surface area contributed by atoms with Crippen molar-refractivity contribution in [3.63, 3.8) is 0 Å². The third-order valence-electron chi connectivity index (χ3n) is 4.64. The van der Waals surface area contributed by atoms with E-state index in [1.54, 1.807) is 11.3 Å². The number of benzene rings is 1. The Hall–Kier alpha value is -1.61. The highest BCUT2D eigenvalue weighted by atomic mass is 32.1. The molecule has 1 aliphatic rings. The van der Waals surface area contributed by atoms with Crippen LogP contribution < -0.4 is 0 Å². The van der Waals surface area contributed by atoms with Crippen molar-refractivity contribution < 1.29 is 4.79 Å². The molecule has 0 spiro atoms. The van der Waals surface area contributed by atoms with Crippen molar-refractivity contribution in [2.24, 2.45) is 5.92 Å². The number of carbonyl (C=O) groups is 1. The van der Waals surface area contributed by atoms with Crippen LogP contribution in [-0.2, 0) is 17.6 Å². The van der Waals surface area contributed by atoms with Gasteiger partial charge in [0.2, 0.25) is 5.91 Å². The van der Waals surface area contributed by atoms with Crippen molar-refractivity contribution in [3.05, 3.63) is 57.3 Å². The summed E-state index contributed by atoms with van der Waals surface area (Å²) >= 11 is 1.74. The lowest BCUT2D eigenvalue weighted by atomic mass is 9.91. The van der Waals surface area contributed by atoms with Crippen molar-refractivity contribution in [2.75, 3.05) is 13.1 Å². The van der Waals surface area contributed by atoms with Gasteiger partial charge in [-0.1, -0.05) is 29.8 Å². The number of piperidine rings is 1. The summed E-state index contributed by atoms with van der Waals surface area (Å²) in [6.45, 7) is 6.05. The predicted octanol–water partition coefficient (Wildman–Crippen LogP) is 4.39. The molecule has 1 amide bonds. The van der Waals surface area contributed by atoms with Crippen molar-refractivity contribution in [2.45, 2.75) is 39.5 Å². The minimum absolute atomic E-state index is 0.292. The van der Waals surface area contributed by atoms with Gasteiger partial charge in [0, 0.05) is 22.8 Å². The van der Waals surface area contributed by atoms with E-state index in [0.29, 0.717) is 18.2 Å². The second kappa shape index (κ2) is 7.31. The molecule has 1 saturated heterocycles. The van der Waals surface area contributed by atoms with Gasteiger partial charge in [-0.05, 0) is 56.7 Å². The number of likely N-dealkylation sites (tertiary alicyclic amines) is 1. The molecule has 2 aromatic rings. The van der Waals surface area contributed by atoms with Crippen LogP contribution in [0, 0.1) is 19.8 Å². The predicted molar refractivity (Wildman–Crippen MR) is 96.9 cm³/mol. The van der Waals surface area contributed by atoms with Crippen LogP contribution in [0.25, 0.3) is 0 Å². The van der Waals surface area contributed by atoms with Crippen LogP contribution in [0.5, 0.6) is 0 Å². The lowest BCUT2D eigenvalue weighted by molar-refractivity contribution is -0.132. The molecule has 0 aliphatic carbocycles. The molecule has 1 fully saturated rings. The summed E-state index contributed by atoms with van der Waals surface area (Å²) in [6, 6.07) is 13.0. The number of aryl methyl sites for hydroxylation is 2. The lowest BCUT2D eigenvalue weighted by Crippen LogP contribution is -2.41. The van der Waals surface area contributed by atoms with Crippen molar-refractivity contribution in [1.82, 2.24) is 4.90 Å². The Kier molecular flexibility index (Phi) is 5.16. The standard InChI is InChI=1S/C20H25NOS/c1-15-5-8-17(9-6-15)12-18-4-3-11-21(14-18)20(22)13-19-10-7-16(2)23-19/h5-10,18H,3-4,11-14H2,1-2H3. The largest absolute Gasteiger partial charge is 0.342 e. The molecule has 0 saturated carbocycles. The zero-order valence-electron chi connectivity index (χ0n) is 14.0. The number of hydrogen-bond donors (Lipinski definition) is 0. The van der Waals surface area contributed by atoms with Crippen molar-refractivity contribution in [3.8, 4) is 0 Å². The molecule has 1 aliphatic heterocycles. The molecule has 1 aromatic carbocycles. The topological polar surface area (TPSA) is 20.3 Å². The van der Waals surface area contributed by atoms with Gasteiger partial charge >= 0.3 is 0 Å². The quantitative estimate of drug-likeness (QED) is 0.815. The van der Waals surface area contributed by atoms with Gasteiger partial charge in [0.15, 0.2) is 0 Å². The monoisotopic (exact) mass is 327 g/mol. The zero-order chi connectivity index (χ0) is 16.2. The van der Waals surface area contributed by atoms with E-state index in [9.17, 15) is 4.79 Å². The molecule has 122 valence electrons. The van der Waals surface area contributed by atoms with Crippen LogP contribution >= 0.6 is 11.3 Å². The van der Waals surface area contributed by atoms with Gasteiger partial charge in [0.1, 0.15) is 0 Å². The maximum absolute atomic E-state index is 12.6. The van der Waals surface area contributed by atoms with E-state index in [-0.39, 0.29) is 0 Å². The number of thiophene rings is 1. The molecular formula is C20H25NOS. The van der Waals surface area contributed by atoms with Crippen molar-refractivity contribution >= 4 is 17.2 Å².